The molecule has 0 radical (unpaired) electrons. The summed E-state index contributed by atoms with van der Waals surface area (Å²) in [7, 11) is 1.76. The number of hydrogen-bond donors (Lipinski definition) is 0. The van der Waals surface area contributed by atoms with E-state index in [4.69, 9.17) is 11.6 Å². The summed E-state index contributed by atoms with van der Waals surface area (Å²) in [5.41, 5.74) is 2.38. The smallest absolute Gasteiger partial charge is 0.273 e. The Kier molecular flexibility index (Phi) is 4.57. The van der Waals surface area contributed by atoms with Crippen molar-refractivity contribution in [2.45, 2.75) is 13.3 Å². The Morgan fingerprint density at radius 2 is 1.87 bits per heavy atom. The molecule has 1 fully saturated rings. The predicted octanol–water partition coefficient (Wildman–Crippen LogP) is 2.73. The van der Waals surface area contributed by atoms with Gasteiger partial charge in [0.2, 0.25) is 0 Å². The van der Waals surface area contributed by atoms with Crippen LogP contribution in [0.25, 0.3) is 0 Å². The summed E-state index contributed by atoms with van der Waals surface area (Å²) in [6, 6.07) is 10.3. The van der Waals surface area contributed by atoms with Crippen LogP contribution in [-0.4, -0.2) is 46.8 Å². The van der Waals surface area contributed by atoms with Crippen LogP contribution >= 0.6 is 11.6 Å². The minimum Gasteiger partial charge on any atom is -0.370 e. The number of carbonyl (C=O) groups excluding carboxylic acids is 1. The average molecular weight is 333 g/mol. The van der Waals surface area contributed by atoms with Gasteiger partial charge in [-0.2, -0.15) is 5.10 Å². The van der Waals surface area contributed by atoms with Gasteiger partial charge in [-0.25, -0.2) is 0 Å². The van der Waals surface area contributed by atoms with Gasteiger partial charge < -0.3 is 9.80 Å². The molecule has 1 aliphatic heterocycles. The van der Waals surface area contributed by atoms with E-state index in [1.54, 1.807) is 11.7 Å². The topological polar surface area (TPSA) is 41.4 Å². The van der Waals surface area contributed by atoms with Gasteiger partial charge in [-0.3, -0.25) is 9.48 Å². The predicted molar refractivity (Wildman–Crippen MR) is 92.1 cm³/mol. The lowest BCUT2D eigenvalue weighted by Crippen LogP contribution is -2.36. The third-order valence-electron chi connectivity index (χ3n) is 4.26. The fourth-order valence-electron chi connectivity index (χ4n) is 3.03. The second-order valence-electron chi connectivity index (χ2n) is 5.84. The van der Waals surface area contributed by atoms with Crippen LogP contribution in [0.15, 0.2) is 30.3 Å². The molecular formula is C17H21ClN4O. The number of aromatic nitrogens is 2. The Balaban J connectivity index is 1.74. The molecule has 1 aromatic heterocycles. The van der Waals surface area contributed by atoms with Gasteiger partial charge in [-0.1, -0.05) is 29.8 Å². The molecule has 0 unspecified atom stereocenters. The number of amides is 1. The van der Waals surface area contributed by atoms with Gasteiger partial charge in [-0.05, 0) is 25.5 Å². The van der Waals surface area contributed by atoms with E-state index in [9.17, 15) is 4.79 Å². The largest absolute Gasteiger partial charge is 0.370 e. The quantitative estimate of drug-likeness (QED) is 0.849. The number of aryl methyl sites for hydroxylation is 2. The molecule has 0 spiro atoms. The molecule has 1 amide bonds. The number of carbonyl (C=O) groups is 1. The van der Waals surface area contributed by atoms with Crippen molar-refractivity contribution in [1.29, 1.82) is 0 Å². The lowest BCUT2D eigenvalue weighted by molar-refractivity contribution is 0.0756. The molecule has 5 nitrogen and oxygen atoms in total. The first-order chi connectivity index (χ1) is 11.1. The van der Waals surface area contributed by atoms with Gasteiger partial charge in [0.15, 0.2) is 0 Å². The molecule has 3 rings (SSSR count). The number of anilines is 1. The highest BCUT2D eigenvalue weighted by Gasteiger charge is 2.26. The van der Waals surface area contributed by atoms with Crippen LogP contribution in [-0.2, 0) is 7.05 Å². The summed E-state index contributed by atoms with van der Waals surface area (Å²) in [4.78, 5) is 17.0. The van der Waals surface area contributed by atoms with Crippen LogP contribution in [0, 0.1) is 6.92 Å². The van der Waals surface area contributed by atoms with Gasteiger partial charge >= 0.3 is 0 Å². The van der Waals surface area contributed by atoms with Gasteiger partial charge in [0.1, 0.15) is 5.69 Å². The fourth-order valence-corrected chi connectivity index (χ4v) is 3.27. The Bertz CT molecular complexity index is 698. The van der Waals surface area contributed by atoms with Gasteiger partial charge in [0.05, 0.1) is 10.7 Å². The lowest BCUT2D eigenvalue weighted by atomic mass is 10.3. The van der Waals surface area contributed by atoms with Gasteiger partial charge in [0.25, 0.3) is 5.91 Å². The molecule has 6 heteroatoms. The highest BCUT2D eigenvalue weighted by atomic mass is 35.5. The van der Waals surface area contributed by atoms with Crippen molar-refractivity contribution < 1.29 is 4.79 Å². The monoisotopic (exact) mass is 332 g/mol. The maximum atomic E-state index is 12.8. The zero-order valence-electron chi connectivity index (χ0n) is 13.5. The zero-order chi connectivity index (χ0) is 16.4. The highest BCUT2D eigenvalue weighted by molar-refractivity contribution is 6.34. The van der Waals surface area contributed by atoms with Crippen molar-refractivity contribution in [2.24, 2.45) is 7.05 Å². The summed E-state index contributed by atoms with van der Waals surface area (Å²) < 4.78 is 1.58. The third-order valence-corrected chi connectivity index (χ3v) is 4.71. The van der Waals surface area contributed by atoms with E-state index in [0.29, 0.717) is 23.0 Å². The van der Waals surface area contributed by atoms with Crippen molar-refractivity contribution >= 4 is 23.2 Å². The van der Waals surface area contributed by atoms with Crippen LogP contribution in [0.2, 0.25) is 5.02 Å². The van der Waals surface area contributed by atoms with Crippen LogP contribution < -0.4 is 4.90 Å². The van der Waals surface area contributed by atoms with Crippen molar-refractivity contribution in [3.05, 3.63) is 46.7 Å². The SMILES string of the molecule is Cc1nn(C)c(C(=O)N2CCCN(c3ccccc3)CC2)c1Cl. The molecular weight excluding hydrogens is 312 g/mol. The van der Waals surface area contributed by atoms with Crippen molar-refractivity contribution in [1.82, 2.24) is 14.7 Å². The summed E-state index contributed by atoms with van der Waals surface area (Å²) in [5.74, 6) is -0.0342. The number of benzene rings is 1. The van der Waals surface area contributed by atoms with Crippen LogP contribution in [0.3, 0.4) is 0 Å². The third kappa shape index (κ3) is 3.20. The average Bonchev–Trinajstić information content (AvgIpc) is 2.75. The molecule has 122 valence electrons. The second kappa shape index (κ2) is 6.62. The highest BCUT2D eigenvalue weighted by Crippen LogP contribution is 2.22. The molecule has 23 heavy (non-hydrogen) atoms. The molecule has 1 aliphatic rings. The molecule has 2 aromatic rings. The zero-order valence-corrected chi connectivity index (χ0v) is 14.3. The minimum absolute atomic E-state index is 0.0342. The summed E-state index contributed by atoms with van der Waals surface area (Å²) in [6.07, 6.45) is 0.940. The van der Waals surface area contributed by atoms with Crippen molar-refractivity contribution in [2.75, 3.05) is 31.1 Å². The Labute approximate surface area is 141 Å². The Morgan fingerprint density at radius 1 is 1.13 bits per heavy atom. The molecule has 0 N–H and O–H groups in total. The van der Waals surface area contributed by atoms with Crippen LogP contribution in [0.1, 0.15) is 22.6 Å². The first-order valence-electron chi connectivity index (χ1n) is 7.86. The molecule has 1 aromatic carbocycles. The summed E-state index contributed by atoms with van der Waals surface area (Å²) in [5, 5.41) is 4.70. The number of rotatable bonds is 2. The first kappa shape index (κ1) is 15.9. The number of halogens is 1. The molecule has 0 atom stereocenters. The van der Waals surface area contributed by atoms with Gasteiger partial charge in [-0.15, -0.1) is 0 Å². The van der Waals surface area contributed by atoms with Crippen LogP contribution in [0.5, 0.6) is 0 Å². The van der Waals surface area contributed by atoms with E-state index in [1.807, 2.05) is 30.0 Å². The van der Waals surface area contributed by atoms with E-state index in [1.165, 1.54) is 5.69 Å². The van der Waals surface area contributed by atoms with Crippen LogP contribution in [0.4, 0.5) is 5.69 Å². The van der Waals surface area contributed by atoms with E-state index in [-0.39, 0.29) is 5.91 Å². The maximum absolute atomic E-state index is 12.8. The normalized spacial score (nSPS) is 15.6. The second-order valence-corrected chi connectivity index (χ2v) is 6.22. The number of para-hydroxylation sites is 1. The van der Waals surface area contributed by atoms with Crippen molar-refractivity contribution in [3.63, 3.8) is 0 Å². The number of hydrogen-bond acceptors (Lipinski definition) is 3. The fraction of sp³-hybridized carbons (Fsp3) is 0.412. The first-order valence-corrected chi connectivity index (χ1v) is 8.24. The molecule has 2 heterocycles. The van der Waals surface area contributed by atoms with E-state index in [0.717, 1.165) is 26.1 Å². The summed E-state index contributed by atoms with van der Waals surface area (Å²) >= 11 is 6.25. The van der Waals surface area contributed by atoms with E-state index >= 15 is 0 Å². The molecule has 1 saturated heterocycles. The minimum atomic E-state index is -0.0342. The molecule has 0 aliphatic carbocycles. The Hall–Kier alpha value is -2.01. The Morgan fingerprint density at radius 3 is 2.52 bits per heavy atom. The van der Waals surface area contributed by atoms with Crippen molar-refractivity contribution in [3.8, 4) is 0 Å². The molecule has 0 bridgehead atoms. The maximum Gasteiger partial charge on any atom is 0.273 e. The summed E-state index contributed by atoms with van der Waals surface area (Å²) in [6.45, 7) is 5.02. The van der Waals surface area contributed by atoms with Gasteiger partial charge in [0, 0.05) is 38.9 Å². The molecule has 0 saturated carbocycles. The number of nitrogens with zero attached hydrogens (tertiary/aromatic N) is 4. The lowest BCUT2D eigenvalue weighted by Gasteiger charge is -2.23. The van der Waals surface area contributed by atoms with E-state index < -0.39 is 0 Å². The standard InChI is InChI=1S/C17H21ClN4O/c1-13-15(18)16(20(2)19-13)17(23)22-10-6-9-21(11-12-22)14-7-4-3-5-8-14/h3-5,7-8H,6,9-12H2,1-2H3. The van der Waals surface area contributed by atoms with E-state index in [2.05, 4.69) is 22.1 Å².